The Labute approximate surface area is 205 Å². The van der Waals surface area contributed by atoms with E-state index in [2.05, 4.69) is 25.6 Å². The van der Waals surface area contributed by atoms with E-state index < -0.39 is 17.8 Å². The maximum Gasteiger partial charge on any atom is 0.335 e. The lowest BCUT2D eigenvalue weighted by Gasteiger charge is -2.15. The maximum atomic E-state index is 12.9. The Morgan fingerprint density at radius 3 is 2.61 bits per heavy atom. The summed E-state index contributed by atoms with van der Waals surface area (Å²) in [5.74, 6) is -1.27. The average molecular weight is 486 g/mol. The largest absolute Gasteiger partial charge is 0.478 e. The van der Waals surface area contributed by atoms with Gasteiger partial charge in [-0.05, 0) is 60.2 Å². The molecule has 1 aliphatic rings. The van der Waals surface area contributed by atoms with Crippen molar-refractivity contribution in [1.29, 1.82) is 0 Å². The zero-order chi connectivity index (χ0) is 25.4. The fraction of sp³-hybridized carbons (Fsp3) is 0.231. The molecule has 36 heavy (non-hydrogen) atoms. The number of carbonyl (C=O) groups excluding carboxylic acids is 2. The Balaban J connectivity index is 1.25. The van der Waals surface area contributed by atoms with Crippen LogP contribution in [0, 0.1) is 13.8 Å². The minimum absolute atomic E-state index is 0.0713. The van der Waals surface area contributed by atoms with Gasteiger partial charge in [-0.3, -0.25) is 9.59 Å². The van der Waals surface area contributed by atoms with Gasteiger partial charge in [0, 0.05) is 19.5 Å². The summed E-state index contributed by atoms with van der Waals surface area (Å²) in [6, 6.07) is 9.88. The summed E-state index contributed by atoms with van der Waals surface area (Å²) < 4.78 is 5.46. The van der Waals surface area contributed by atoms with E-state index in [1.165, 1.54) is 12.4 Å². The second-order valence-electron chi connectivity index (χ2n) is 8.68. The summed E-state index contributed by atoms with van der Waals surface area (Å²) in [5, 5.41) is 15.1. The fourth-order valence-electron chi connectivity index (χ4n) is 4.57. The molecule has 0 saturated carbocycles. The first-order valence-electron chi connectivity index (χ1n) is 11.4. The molecule has 0 aliphatic heterocycles. The molecule has 10 heteroatoms. The summed E-state index contributed by atoms with van der Waals surface area (Å²) in [6.45, 7) is 3.81. The Kier molecular flexibility index (Phi) is 5.93. The van der Waals surface area contributed by atoms with Gasteiger partial charge in [0.15, 0.2) is 11.5 Å². The molecule has 0 unspecified atom stereocenters. The number of carboxylic acid groups (broad SMARTS) is 1. The van der Waals surface area contributed by atoms with Crippen molar-refractivity contribution >= 4 is 28.9 Å². The number of aryl methyl sites for hydroxylation is 1. The van der Waals surface area contributed by atoms with Crippen LogP contribution in [0.25, 0.3) is 11.1 Å². The van der Waals surface area contributed by atoms with E-state index in [-0.39, 0.29) is 29.5 Å². The number of hydrogen-bond acceptors (Lipinski definition) is 7. The van der Waals surface area contributed by atoms with Crippen LogP contribution in [0.5, 0.6) is 0 Å². The van der Waals surface area contributed by atoms with Crippen molar-refractivity contribution in [2.24, 2.45) is 0 Å². The zero-order valence-corrected chi connectivity index (χ0v) is 19.7. The number of carboxylic acids is 1. The molecule has 0 bridgehead atoms. The average Bonchev–Trinajstić information content (AvgIpc) is 3.45. The number of nitrogens with zero attached hydrogens (tertiary/aromatic N) is 3. The van der Waals surface area contributed by atoms with E-state index >= 15 is 0 Å². The second kappa shape index (κ2) is 9.21. The van der Waals surface area contributed by atoms with Crippen molar-refractivity contribution in [3.63, 3.8) is 0 Å². The molecule has 3 N–H and O–H groups in total. The van der Waals surface area contributed by atoms with E-state index in [0.29, 0.717) is 29.8 Å². The molecule has 182 valence electrons. The third-order valence-corrected chi connectivity index (χ3v) is 6.37. The molecule has 0 radical (unpaired) electrons. The Morgan fingerprint density at radius 1 is 1.06 bits per heavy atom. The number of carbonyl (C=O) groups is 3. The number of nitrogens with one attached hydrogen (secondary N) is 2. The van der Waals surface area contributed by atoms with Crippen LogP contribution >= 0.6 is 0 Å². The van der Waals surface area contributed by atoms with Crippen LogP contribution in [0.3, 0.4) is 0 Å². The SMILES string of the molecule is Cc1nc2cc(CNC(=O)c3cc(C(=O)N[C@H]4CCc5c4ccc(C(=O)O)c5C)ncn3)ccc2o1. The molecule has 2 aromatic heterocycles. The van der Waals surface area contributed by atoms with Gasteiger partial charge in [0.2, 0.25) is 0 Å². The predicted octanol–water partition coefficient (Wildman–Crippen LogP) is 3.28. The predicted molar refractivity (Wildman–Crippen MR) is 129 cm³/mol. The highest BCUT2D eigenvalue weighted by Gasteiger charge is 2.28. The smallest absolute Gasteiger partial charge is 0.335 e. The summed E-state index contributed by atoms with van der Waals surface area (Å²) in [6.07, 6.45) is 2.50. The molecule has 5 rings (SSSR count). The lowest BCUT2D eigenvalue weighted by molar-refractivity contribution is 0.0695. The summed E-state index contributed by atoms with van der Waals surface area (Å²) >= 11 is 0. The van der Waals surface area contributed by atoms with E-state index in [1.54, 1.807) is 32.0 Å². The number of oxazole rings is 1. The molecule has 0 saturated heterocycles. The van der Waals surface area contributed by atoms with Crippen LogP contribution in [0.1, 0.15) is 71.9 Å². The fourth-order valence-corrected chi connectivity index (χ4v) is 4.57. The van der Waals surface area contributed by atoms with Crippen molar-refractivity contribution in [3.05, 3.63) is 87.8 Å². The van der Waals surface area contributed by atoms with Gasteiger partial charge in [0.05, 0.1) is 11.6 Å². The van der Waals surface area contributed by atoms with Gasteiger partial charge in [-0.2, -0.15) is 0 Å². The number of hydrogen-bond donors (Lipinski definition) is 3. The first-order valence-corrected chi connectivity index (χ1v) is 11.4. The monoisotopic (exact) mass is 485 g/mol. The van der Waals surface area contributed by atoms with Gasteiger partial charge in [-0.25, -0.2) is 19.7 Å². The van der Waals surface area contributed by atoms with Crippen molar-refractivity contribution in [2.45, 2.75) is 39.3 Å². The lowest BCUT2D eigenvalue weighted by atomic mass is 9.98. The summed E-state index contributed by atoms with van der Waals surface area (Å²) in [5.41, 5.74) is 5.21. The van der Waals surface area contributed by atoms with Crippen LogP contribution < -0.4 is 10.6 Å². The quantitative estimate of drug-likeness (QED) is 0.377. The topological polar surface area (TPSA) is 147 Å². The van der Waals surface area contributed by atoms with Gasteiger partial charge >= 0.3 is 5.97 Å². The van der Waals surface area contributed by atoms with Crippen LogP contribution in [-0.4, -0.2) is 37.8 Å². The van der Waals surface area contributed by atoms with Crippen molar-refractivity contribution in [3.8, 4) is 0 Å². The minimum atomic E-state index is -0.969. The number of amides is 2. The molecule has 10 nitrogen and oxygen atoms in total. The molecule has 4 aromatic rings. The number of rotatable bonds is 6. The first-order chi connectivity index (χ1) is 17.3. The number of benzene rings is 2. The maximum absolute atomic E-state index is 12.9. The van der Waals surface area contributed by atoms with Gasteiger partial charge in [-0.1, -0.05) is 12.1 Å². The van der Waals surface area contributed by atoms with Gasteiger partial charge in [0.1, 0.15) is 23.2 Å². The zero-order valence-electron chi connectivity index (χ0n) is 19.7. The van der Waals surface area contributed by atoms with E-state index in [0.717, 1.165) is 22.3 Å². The van der Waals surface area contributed by atoms with Gasteiger partial charge in [-0.15, -0.1) is 0 Å². The van der Waals surface area contributed by atoms with Crippen LogP contribution in [-0.2, 0) is 13.0 Å². The highest BCUT2D eigenvalue weighted by atomic mass is 16.4. The Bertz CT molecular complexity index is 1530. The van der Waals surface area contributed by atoms with Crippen LogP contribution in [0.4, 0.5) is 0 Å². The number of fused-ring (bicyclic) bond motifs is 2. The molecule has 1 atom stereocenters. The molecule has 0 fully saturated rings. The highest BCUT2D eigenvalue weighted by molar-refractivity contribution is 5.97. The number of aromatic nitrogens is 3. The molecular weight excluding hydrogens is 462 g/mol. The van der Waals surface area contributed by atoms with Gasteiger partial charge in [0.25, 0.3) is 11.8 Å². The highest BCUT2D eigenvalue weighted by Crippen LogP contribution is 2.34. The second-order valence-corrected chi connectivity index (χ2v) is 8.68. The molecule has 2 aromatic carbocycles. The van der Waals surface area contributed by atoms with E-state index in [1.807, 2.05) is 12.1 Å². The summed E-state index contributed by atoms with van der Waals surface area (Å²) in [7, 11) is 0. The molecule has 2 amide bonds. The van der Waals surface area contributed by atoms with E-state index in [9.17, 15) is 19.5 Å². The van der Waals surface area contributed by atoms with Crippen molar-refractivity contribution < 1.29 is 23.9 Å². The van der Waals surface area contributed by atoms with Crippen LogP contribution in [0.2, 0.25) is 0 Å². The normalized spacial score (nSPS) is 14.4. The molecule has 1 aliphatic carbocycles. The first kappa shape index (κ1) is 23.2. The lowest BCUT2D eigenvalue weighted by Crippen LogP contribution is -2.29. The standard InChI is InChI=1S/C26H23N5O5/c1-13-16-6-7-19(18(16)5-4-17(13)26(34)35)31-25(33)22-10-21(28-12-29-22)24(32)27-11-15-3-8-23-20(9-15)30-14(2)36-23/h3-5,8-10,12,19H,6-7,11H2,1-2H3,(H,27,32)(H,31,33)(H,34,35)/t19-/m0/s1. The third kappa shape index (κ3) is 4.40. The van der Waals surface area contributed by atoms with Crippen molar-refractivity contribution in [1.82, 2.24) is 25.6 Å². The molecular formula is C26H23N5O5. The number of aromatic carboxylic acids is 1. The van der Waals surface area contributed by atoms with E-state index in [4.69, 9.17) is 4.42 Å². The Morgan fingerprint density at radius 2 is 1.83 bits per heavy atom. The minimum Gasteiger partial charge on any atom is -0.478 e. The summed E-state index contributed by atoms with van der Waals surface area (Å²) in [4.78, 5) is 49.3. The van der Waals surface area contributed by atoms with Crippen molar-refractivity contribution in [2.75, 3.05) is 0 Å². The third-order valence-electron chi connectivity index (χ3n) is 6.37. The molecule has 0 spiro atoms. The Hall–Kier alpha value is -4.60. The van der Waals surface area contributed by atoms with Crippen LogP contribution in [0.15, 0.2) is 47.1 Å². The molecule has 2 heterocycles. The van der Waals surface area contributed by atoms with Gasteiger partial charge < -0.3 is 20.2 Å².